The second-order valence-electron chi connectivity index (χ2n) is 3.71. The van der Waals surface area contributed by atoms with Gasteiger partial charge in [-0.1, -0.05) is 25.4 Å². The molecule has 16 heavy (non-hydrogen) atoms. The van der Waals surface area contributed by atoms with Gasteiger partial charge in [-0.3, -0.25) is 4.79 Å². The Labute approximate surface area is 96.2 Å². The number of Topliss-reactive ketones (excluding diaryl/α,β-unsaturated/α-hetero) is 1. The summed E-state index contributed by atoms with van der Waals surface area (Å²) in [6.07, 6.45) is -4.46. The quantitative estimate of drug-likeness (QED) is 0.719. The molecular weight excluding hydrogens is 241 g/mol. The first-order valence-corrected chi connectivity index (χ1v) is 5.02. The number of hydrogen-bond acceptors (Lipinski definition) is 1. The number of hydrogen-bond donors (Lipinski definition) is 0. The molecule has 0 aromatic heterocycles. The second-order valence-corrected chi connectivity index (χ2v) is 4.12. The van der Waals surface area contributed by atoms with Crippen molar-refractivity contribution in [1.82, 2.24) is 0 Å². The van der Waals surface area contributed by atoms with Crippen LogP contribution >= 0.6 is 11.6 Å². The molecule has 0 atom stereocenters. The maximum atomic E-state index is 12.4. The highest BCUT2D eigenvalue weighted by atomic mass is 35.5. The van der Waals surface area contributed by atoms with E-state index < -0.39 is 17.5 Å². The fourth-order valence-corrected chi connectivity index (χ4v) is 1.41. The molecule has 0 unspecified atom stereocenters. The van der Waals surface area contributed by atoms with Crippen molar-refractivity contribution in [2.75, 3.05) is 0 Å². The van der Waals surface area contributed by atoms with Gasteiger partial charge >= 0.3 is 6.18 Å². The van der Waals surface area contributed by atoms with Crippen molar-refractivity contribution in [1.29, 1.82) is 0 Å². The van der Waals surface area contributed by atoms with E-state index in [4.69, 9.17) is 11.6 Å². The Bertz CT molecular complexity index is 410. The maximum Gasteiger partial charge on any atom is 0.416 e. The van der Waals surface area contributed by atoms with Crippen LogP contribution in [0.5, 0.6) is 0 Å². The summed E-state index contributed by atoms with van der Waals surface area (Å²) in [5, 5.41) is 0.0479. The van der Waals surface area contributed by atoms with Crippen LogP contribution < -0.4 is 0 Å². The molecule has 1 nitrogen and oxygen atoms in total. The lowest BCUT2D eigenvalue weighted by Crippen LogP contribution is -2.11. The van der Waals surface area contributed by atoms with Crippen LogP contribution in [0.3, 0.4) is 0 Å². The van der Waals surface area contributed by atoms with Gasteiger partial charge in [0.05, 0.1) is 10.6 Å². The molecular formula is C11H10ClF3O. The van der Waals surface area contributed by atoms with E-state index in [9.17, 15) is 18.0 Å². The highest BCUT2D eigenvalue weighted by Gasteiger charge is 2.31. The van der Waals surface area contributed by atoms with Crippen LogP contribution in [0.4, 0.5) is 13.2 Å². The number of carbonyl (C=O) groups is 1. The summed E-state index contributed by atoms with van der Waals surface area (Å²) < 4.78 is 37.2. The van der Waals surface area contributed by atoms with E-state index >= 15 is 0 Å². The predicted octanol–water partition coefficient (Wildman–Crippen LogP) is 4.20. The Morgan fingerprint density at radius 1 is 1.31 bits per heavy atom. The molecule has 5 heteroatoms. The van der Waals surface area contributed by atoms with Crippen molar-refractivity contribution in [3.63, 3.8) is 0 Å². The molecule has 0 aliphatic heterocycles. The van der Waals surface area contributed by atoms with Gasteiger partial charge < -0.3 is 0 Å². The van der Waals surface area contributed by atoms with Gasteiger partial charge in [0.25, 0.3) is 0 Å². The van der Waals surface area contributed by atoms with Gasteiger partial charge in [-0.05, 0) is 18.2 Å². The molecule has 0 aliphatic carbocycles. The second kappa shape index (κ2) is 4.45. The minimum absolute atomic E-state index is 0.0479. The van der Waals surface area contributed by atoms with Crippen molar-refractivity contribution in [2.24, 2.45) is 5.92 Å². The Kier molecular flexibility index (Phi) is 3.63. The molecule has 1 aromatic rings. The minimum atomic E-state index is -4.46. The van der Waals surface area contributed by atoms with E-state index in [-0.39, 0.29) is 16.5 Å². The molecule has 0 aliphatic rings. The summed E-state index contributed by atoms with van der Waals surface area (Å²) in [5.41, 5.74) is -0.938. The van der Waals surface area contributed by atoms with Crippen LogP contribution in [-0.2, 0) is 6.18 Å². The summed E-state index contributed by atoms with van der Waals surface area (Å²) in [4.78, 5) is 11.6. The van der Waals surface area contributed by atoms with Gasteiger partial charge in [0.15, 0.2) is 5.78 Å². The average Bonchev–Trinajstić information content (AvgIpc) is 2.15. The SMILES string of the molecule is CC(C)C(=O)c1cc(C(F)(F)F)ccc1Cl. The zero-order valence-corrected chi connectivity index (χ0v) is 9.49. The van der Waals surface area contributed by atoms with Crippen LogP contribution in [0.25, 0.3) is 0 Å². The van der Waals surface area contributed by atoms with Crippen LogP contribution in [0, 0.1) is 5.92 Å². The van der Waals surface area contributed by atoms with E-state index in [0.29, 0.717) is 0 Å². The molecule has 0 saturated carbocycles. The van der Waals surface area contributed by atoms with E-state index in [1.54, 1.807) is 13.8 Å². The van der Waals surface area contributed by atoms with Crippen molar-refractivity contribution < 1.29 is 18.0 Å². The van der Waals surface area contributed by atoms with Crippen LogP contribution in [0.1, 0.15) is 29.8 Å². The molecule has 0 spiro atoms. The standard InChI is InChI=1S/C11H10ClF3O/c1-6(2)10(16)8-5-7(11(13,14)15)3-4-9(8)12/h3-6H,1-2H3. The fraction of sp³-hybridized carbons (Fsp3) is 0.364. The largest absolute Gasteiger partial charge is 0.416 e. The zero-order valence-electron chi connectivity index (χ0n) is 8.73. The van der Waals surface area contributed by atoms with Crippen LogP contribution in [0.15, 0.2) is 18.2 Å². The molecule has 1 aromatic carbocycles. The third-order valence-corrected chi connectivity index (χ3v) is 2.41. The highest BCUT2D eigenvalue weighted by Crippen LogP contribution is 2.32. The minimum Gasteiger partial charge on any atom is -0.294 e. The van der Waals surface area contributed by atoms with Gasteiger partial charge in [-0.15, -0.1) is 0 Å². The predicted molar refractivity (Wildman–Crippen MR) is 55.6 cm³/mol. The number of halogens is 4. The Hall–Kier alpha value is -1.03. The van der Waals surface area contributed by atoms with E-state index in [1.807, 2.05) is 0 Å². The van der Waals surface area contributed by atoms with Crippen molar-refractivity contribution >= 4 is 17.4 Å². The Morgan fingerprint density at radius 3 is 2.31 bits per heavy atom. The first kappa shape index (κ1) is 13.0. The lowest BCUT2D eigenvalue weighted by Gasteiger charge is -2.11. The number of rotatable bonds is 2. The molecule has 1 rings (SSSR count). The Morgan fingerprint density at radius 2 is 1.88 bits per heavy atom. The van der Waals surface area contributed by atoms with Gasteiger partial charge in [-0.2, -0.15) is 13.2 Å². The van der Waals surface area contributed by atoms with Crippen LogP contribution in [-0.4, -0.2) is 5.78 Å². The van der Waals surface area contributed by atoms with Gasteiger partial charge in [0.1, 0.15) is 0 Å². The molecule has 0 N–H and O–H groups in total. The first-order chi connectivity index (χ1) is 7.23. The van der Waals surface area contributed by atoms with Gasteiger partial charge in [0, 0.05) is 11.5 Å². The maximum absolute atomic E-state index is 12.4. The highest BCUT2D eigenvalue weighted by molar-refractivity contribution is 6.34. The van der Waals surface area contributed by atoms with Crippen LogP contribution in [0.2, 0.25) is 5.02 Å². The topological polar surface area (TPSA) is 17.1 Å². The molecule has 0 saturated heterocycles. The number of ketones is 1. The first-order valence-electron chi connectivity index (χ1n) is 4.64. The van der Waals surface area contributed by atoms with Crippen molar-refractivity contribution in [2.45, 2.75) is 20.0 Å². The number of benzene rings is 1. The zero-order chi connectivity index (χ0) is 12.5. The normalized spacial score (nSPS) is 11.9. The summed E-state index contributed by atoms with van der Waals surface area (Å²) in [6.45, 7) is 3.22. The van der Waals surface area contributed by atoms with Crippen molar-refractivity contribution in [3.05, 3.63) is 34.3 Å². The molecule has 0 amide bonds. The lowest BCUT2D eigenvalue weighted by molar-refractivity contribution is -0.137. The monoisotopic (exact) mass is 250 g/mol. The molecule has 0 heterocycles. The average molecular weight is 251 g/mol. The van der Waals surface area contributed by atoms with Gasteiger partial charge in [0.2, 0.25) is 0 Å². The number of alkyl halides is 3. The molecule has 0 radical (unpaired) electrons. The fourth-order valence-electron chi connectivity index (χ4n) is 1.20. The Balaban J connectivity index is 3.25. The van der Waals surface area contributed by atoms with Gasteiger partial charge in [-0.25, -0.2) is 0 Å². The molecule has 88 valence electrons. The molecule has 0 bridgehead atoms. The third-order valence-electron chi connectivity index (χ3n) is 2.08. The summed E-state index contributed by atoms with van der Waals surface area (Å²) in [5.74, 6) is -0.780. The smallest absolute Gasteiger partial charge is 0.294 e. The van der Waals surface area contributed by atoms with E-state index in [0.717, 1.165) is 18.2 Å². The summed E-state index contributed by atoms with van der Waals surface area (Å²) in [7, 11) is 0. The van der Waals surface area contributed by atoms with Crippen molar-refractivity contribution in [3.8, 4) is 0 Å². The molecule has 0 fully saturated rings. The summed E-state index contributed by atoms with van der Waals surface area (Å²) >= 11 is 5.70. The third kappa shape index (κ3) is 2.76. The van der Waals surface area contributed by atoms with E-state index in [1.165, 1.54) is 0 Å². The van der Waals surface area contributed by atoms with E-state index in [2.05, 4.69) is 0 Å². The number of carbonyl (C=O) groups excluding carboxylic acids is 1. The lowest BCUT2D eigenvalue weighted by atomic mass is 9.99. The summed E-state index contributed by atoms with van der Waals surface area (Å²) in [6, 6.07) is 2.75.